The van der Waals surface area contributed by atoms with E-state index in [9.17, 15) is 17.8 Å². The first-order chi connectivity index (χ1) is 10.5. The molecule has 0 saturated carbocycles. The normalized spacial score (nSPS) is 16.4. The van der Waals surface area contributed by atoms with Crippen molar-refractivity contribution < 1.29 is 73.4 Å². The summed E-state index contributed by atoms with van der Waals surface area (Å²) in [6.45, 7) is 5.69. The SMILES string of the molecule is CC(C)(C)C(=O)N1CC/C(=N/OS(=O)(=O)[O-])c2c(Cl)cccc21.[K+]. The van der Waals surface area contributed by atoms with Crippen molar-refractivity contribution in [2.45, 2.75) is 27.2 Å². The largest absolute Gasteiger partial charge is 1.00 e. The quantitative estimate of drug-likeness (QED) is 0.284. The fourth-order valence-electron chi connectivity index (χ4n) is 2.28. The van der Waals surface area contributed by atoms with E-state index in [1.165, 1.54) is 0 Å². The molecule has 0 spiro atoms. The molecule has 1 amide bonds. The van der Waals surface area contributed by atoms with E-state index < -0.39 is 15.8 Å². The van der Waals surface area contributed by atoms with Gasteiger partial charge in [0.2, 0.25) is 5.91 Å². The van der Waals surface area contributed by atoms with Crippen LogP contribution < -0.4 is 56.3 Å². The van der Waals surface area contributed by atoms with Gasteiger partial charge in [-0.2, -0.15) is 8.42 Å². The van der Waals surface area contributed by atoms with E-state index in [2.05, 4.69) is 9.44 Å². The number of benzene rings is 1. The van der Waals surface area contributed by atoms with Gasteiger partial charge in [0.25, 0.3) is 10.4 Å². The summed E-state index contributed by atoms with van der Waals surface area (Å²) < 4.78 is 35.8. The maximum absolute atomic E-state index is 12.6. The molecule has 0 radical (unpaired) electrons. The number of rotatable bonds is 2. The van der Waals surface area contributed by atoms with E-state index >= 15 is 0 Å². The molecular formula is C14H16ClKN2O5S. The molecule has 0 fully saturated rings. The van der Waals surface area contributed by atoms with Crippen molar-refractivity contribution in [1.82, 2.24) is 0 Å². The molecule has 10 heteroatoms. The monoisotopic (exact) mass is 398 g/mol. The number of amides is 1. The zero-order valence-electron chi connectivity index (χ0n) is 13.9. The molecular weight excluding hydrogens is 383 g/mol. The van der Waals surface area contributed by atoms with Gasteiger partial charge < -0.3 is 9.45 Å². The van der Waals surface area contributed by atoms with E-state index in [-0.39, 0.29) is 76.0 Å². The molecule has 0 unspecified atom stereocenters. The molecule has 7 nitrogen and oxygen atoms in total. The van der Waals surface area contributed by atoms with Crippen LogP contribution >= 0.6 is 11.6 Å². The Morgan fingerprint density at radius 3 is 2.54 bits per heavy atom. The van der Waals surface area contributed by atoms with Crippen LogP contribution in [0.25, 0.3) is 0 Å². The van der Waals surface area contributed by atoms with E-state index in [4.69, 9.17) is 11.6 Å². The van der Waals surface area contributed by atoms with Gasteiger partial charge in [0.1, 0.15) is 0 Å². The second-order valence-electron chi connectivity index (χ2n) is 6.11. The number of carbonyl (C=O) groups is 1. The fraction of sp³-hybridized carbons (Fsp3) is 0.429. The molecule has 0 atom stereocenters. The Morgan fingerprint density at radius 1 is 1.38 bits per heavy atom. The Kier molecular flexibility index (Phi) is 7.46. The summed E-state index contributed by atoms with van der Waals surface area (Å²) in [6.07, 6.45) is 0.216. The third-order valence-corrected chi connectivity index (χ3v) is 3.84. The van der Waals surface area contributed by atoms with Crippen LogP contribution in [0.4, 0.5) is 5.69 Å². The maximum Gasteiger partial charge on any atom is 1.00 e. The van der Waals surface area contributed by atoms with Crippen LogP contribution in [0, 0.1) is 5.41 Å². The standard InChI is InChI=1S/C14H17ClN2O5S.K/c1-14(2,3)13(18)17-8-7-10(16-22-23(19,20)21)12-9(15)5-4-6-11(12)17;/h4-6H,7-8H2,1-3H3,(H,19,20,21);/q;+1/p-1/b16-10-;. The minimum atomic E-state index is -4.95. The van der Waals surface area contributed by atoms with Crippen molar-refractivity contribution in [1.29, 1.82) is 0 Å². The molecule has 0 bridgehead atoms. The Morgan fingerprint density at radius 2 is 2.00 bits per heavy atom. The van der Waals surface area contributed by atoms with Gasteiger partial charge in [0.05, 0.1) is 16.4 Å². The first-order valence-corrected chi connectivity index (χ1v) is 8.54. The van der Waals surface area contributed by atoms with Crippen LogP contribution in [-0.2, 0) is 19.5 Å². The Labute approximate surface area is 188 Å². The summed E-state index contributed by atoms with van der Waals surface area (Å²) in [5.41, 5.74) is 0.516. The van der Waals surface area contributed by atoms with Crippen LogP contribution in [0.2, 0.25) is 5.02 Å². The zero-order chi connectivity index (χ0) is 17.4. The number of anilines is 1. The van der Waals surface area contributed by atoms with Gasteiger partial charge >= 0.3 is 51.4 Å². The van der Waals surface area contributed by atoms with Crippen molar-refractivity contribution in [2.24, 2.45) is 10.6 Å². The predicted molar refractivity (Wildman–Crippen MR) is 85.2 cm³/mol. The molecule has 0 aliphatic carbocycles. The van der Waals surface area contributed by atoms with Gasteiger partial charge in [-0.15, -0.1) is 0 Å². The molecule has 126 valence electrons. The molecule has 0 aromatic heterocycles. The van der Waals surface area contributed by atoms with Crippen molar-refractivity contribution in [3.8, 4) is 0 Å². The van der Waals surface area contributed by atoms with Crippen LogP contribution in [0.3, 0.4) is 0 Å². The molecule has 1 heterocycles. The number of hydrogen-bond acceptors (Lipinski definition) is 6. The smallest absolute Gasteiger partial charge is 0.714 e. The van der Waals surface area contributed by atoms with E-state index in [1.807, 2.05) is 0 Å². The molecule has 1 aromatic carbocycles. The average Bonchev–Trinajstić information content (AvgIpc) is 2.42. The second-order valence-corrected chi connectivity index (χ2v) is 7.48. The van der Waals surface area contributed by atoms with E-state index in [1.54, 1.807) is 43.9 Å². The Bertz CT molecular complexity index is 774. The van der Waals surface area contributed by atoms with Crippen molar-refractivity contribution >= 4 is 39.3 Å². The van der Waals surface area contributed by atoms with Crippen LogP contribution in [0.1, 0.15) is 32.8 Å². The predicted octanol–water partition coefficient (Wildman–Crippen LogP) is -0.692. The summed E-state index contributed by atoms with van der Waals surface area (Å²) >= 11 is 6.17. The number of hydrogen-bond donors (Lipinski definition) is 0. The number of fused-ring (bicyclic) bond motifs is 1. The summed E-state index contributed by atoms with van der Waals surface area (Å²) in [5, 5.41) is 3.70. The van der Waals surface area contributed by atoms with Crippen molar-refractivity contribution in [2.75, 3.05) is 11.4 Å². The van der Waals surface area contributed by atoms with Crippen LogP contribution in [0.5, 0.6) is 0 Å². The minimum absolute atomic E-state index is 0. The number of carbonyl (C=O) groups excluding carboxylic acids is 1. The number of oxime groups is 1. The van der Waals surface area contributed by atoms with Gasteiger partial charge in [-0.1, -0.05) is 43.6 Å². The molecule has 2 rings (SSSR count). The summed E-state index contributed by atoms with van der Waals surface area (Å²) in [7, 11) is -4.95. The van der Waals surface area contributed by atoms with Crippen molar-refractivity contribution in [3.05, 3.63) is 28.8 Å². The van der Waals surface area contributed by atoms with Gasteiger partial charge in [0, 0.05) is 23.9 Å². The Balaban J connectivity index is 0.00000288. The van der Waals surface area contributed by atoms with Gasteiger partial charge in [-0.05, 0) is 12.1 Å². The summed E-state index contributed by atoms with van der Waals surface area (Å²) in [5.74, 6) is -0.0996. The van der Waals surface area contributed by atoms with Crippen molar-refractivity contribution in [3.63, 3.8) is 0 Å². The molecule has 24 heavy (non-hydrogen) atoms. The third-order valence-electron chi connectivity index (χ3n) is 3.27. The maximum atomic E-state index is 12.6. The summed E-state index contributed by atoms with van der Waals surface area (Å²) in [6, 6.07) is 4.95. The second kappa shape index (κ2) is 8.13. The van der Waals surface area contributed by atoms with E-state index in [0.29, 0.717) is 16.3 Å². The Hall–Kier alpha value is -0.00364. The first kappa shape index (κ1) is 22.0. The summed E-state index contributed by atoms with van der Waals surface area (Å²) in [4.78, 5) is 14.2. The molecule has 0 N–H and O–H groups in total. The zero-order valence-corrected chi connectivity index (χ0v) is 18.6. The topological polar surface area (TPSA) is 99.1 Å². The average molecular weight is 399 g/mol. The van der Waals surface area contributed by atoms with Gasteiger partial charge in [0.15, 0.2) is 0 Å². The fourth-order valence-corrected chi connectivity index (χ4v) is 2.74. The van der Waals surface area contributed by atoms with Crippen LogP contribution in [0.15, 0.2) is 23.4 Å². The van der Waals surface area contributed by atoms with Gasteiger partial charge in [-0.25, -0.2) is 0 Å². The third kappa shape index (κ3) is 5.25. The number of nitrogens with zero attached hydrogens (tertiary/aromatic N) is 2. The van der Waals surface area contributed by atoms with E-state index in [0.717, 1.165) is 0 Å². The molecule has 1 aromatic rings. The molecule has 0 saturated heterocycles. The van der Waals surface area contributed by atoms with Gasteiger partial charge in [-0.3, -0.25) is 9.08 Å². The number of halogens is 1. The minimum Gasteiger partial charge on any atom is -0.714 e. The molecule has 1 aliphatic heterocycles. The van der Waals surface area contributed by atoms with Crippen LogP contribution in [-0.4, -0.2) is 31.1 Å². The first-order valence-electron chi connectivity index (χ1n) is 6.83. The molecule has 1 aliphatic rings.